The molecule has 0 fully saturated rings. The summed E-state index contributed by atoms with van der Waals surface area (Å²) in [5, 5.41) is 4.13. The average molecular weight is 227 g/mol. The van der Waals surface area contributed by atoms with Gasteiger partial charge < -0.3 is 10.2 Å². The first-order valence-electron chi connectivity index (χ1n) is 4.88. The zero-order valence-corrected chi connectivity index (χ0v) is 10.4. The summed E-state index contributed by atoms with van der Waals surface area (Å²) in [6, 6.07) is 0. The number of aromatic nitrogens is 1. The highest BCUT2D eigenvalue weighted by atomic mass is 32.1. The standard InChI is InChI=1S/C10H17N3OS/c1-7-9(8(2)14)10(15-12-7)11-5-6-13(3)4/h11H,5-6H2,1-4H3. The van der Waals surface area contributed by atoms with Gasteiger partial charge in [0.2, 0.25) is 0 Å². The van der Waals surface area contributed by atoms with E-state index >= 15 is 0 Å². The number of carbonyl (C=O) groups excluding carboxylic acids is 1. The second kappa shape index (κ2) is 5.23. The Kier molecular flexibility index (Phi) is 4.23. The first-order chi connectivity index (χ1) is 7.02. The fourth-order valence-corrected chi connectivity index (χ4v) is 2.17. The summed E-state index contributed by atoms with van der Waals surface area (Å²) < 4.78 is 4.18. The molecule has 1 aromatic rings. The van der Waals surface area contributed by atoms with E-state index in [0.29, 0.717) is 0 Å². The lowest BCUT2D eigenvalue weighted by Gasteiger charge is -2.10. The van der Waals surface area contributed by atoms with E-state index in [4.69, 9.17) is 0 Å². The number of anilines is 1. The Morgan fingerprint density at radius 3 is 2.73 bits per heavy atom. The summed E-state index contributed by atoms with van der Waals surface area (Å²) >= 11 is 1.36. The third-order valence-electron chi connectivity index (χ3n) is 2.06. The molecule has 1 heterocycles. The van der Waals surface area contributed by atoms with E-state index in [1.165, 1.54) is 11.5 Å². The van der Waals surface area contributed by atoms with Gasteiger partial charge in [-0.25, -0.2) is 0 Å². The van der Waals surface area contributed by atoms with Gasteiger partial charge in [0.05, 0.1) is 11.3 Å². The van der Waals surface area contributed by atoms with Gasteiger partial charge in [-0.2, -0.15) is 4.37 Å². The predicted molar refractivity (Wildman–Crippen MR) is 63.9 cm³/mol. The van der Waals surface area contributed by atoms with Gasteiger partial charge in [-0.1, -0.05) is 0 Å². The quantitative estimate of drug-likeness (QED) is 0.777. The van der Waals surface area contributed by atoms with Gasteiger partial charge >= 0.3 is 0 Å². The molecule has 0 saturated carbocycles. The maximum absolute atomic E-state index is 11.4. The first-order valence-corrected chi connectivity index (χ1v) is 5.65. The topological polar surface area (TPSA) is 45.2 Å². The van der Waals surface area contributed by atoms with Gasteiger partial charge in [0.25, 0.3) is 0 Å². The van der Waals surface area contributed by atoms with E-state index in [-0.39, 0.29) is 5.78 Å². The van der Waals surface area contributed by atoms with Crippen LogP contribution in [0.5, 0.6) is 0 Å². The molecule has 0 aliphatic rings. The van der Waals surface area contributed by atoms with Crippen molar-refractivity contribution >= 4 is 22.3 Å². The number of Topliss-reactive ketones (excluding diaryl/α,β-unsaturated/α-hetero) is 1. The van der Waals surface area contributed by atoms with E-state index in [9.17, 15) is 4.79 Å². The predicted octanol–water partition coefficient (Wildman–Crippen LogP) is 1.63. The number of carbonyl (C=O) groups is 1. The summed E-state index contributed by atoms with van der Waals surface area (Å²) in [6.45, 7) is 5.21. The molecule has 0 aliphatic heterocycles. The maximum atomic E-state index is 11.4. The zero-order chi connectivity index (χ0) is 11.4. The highest BCUT2D eigenvalue weighted by Crippen LogP contribution is 2.24. The molecule has 15 heavy (non-hydrogen) atoms. The van der Waals surface area contributed by atoms with Crippen molar-refractivity contribution in [3.63, 3.8) is 0 Å². The molecule has 0 amide bonds. The molecule has 0 bridgehead atoms. The number of hydrogen-bond donors (Lipinski definition) is 1. The van der Waals surface area contributed by atoms with Gasteiger partial charge in [-0.05, 0) is 39.5 Å². The summed E-state index contributed by atoms with van der Waals surface area (Å²) in [6.07, 6.45) is 0. The van der Waals surface area contributed by atoms with Gasteiger partial charge in [0, 0.05) is 13.1 Å². The zero-order valence-electron chi connectivity index (χ0n) is 9.63. The molecule has 1 rings (SSSR count). The molecule has 1 N–H and O–H groups in total. The molecule has 84 valence electrons. The lowest BCUT2D eigenvalue weighted by atomic mass is 10.2. The number of ketones is 1. The van der Waals surface area contributed by atoms with Crippen molar-refractivity contribution in [1.82, 2.24) is 9.27 Å². The summed E-state index contributed by atoms with van der Waals surface area (Å²) in [5.74, 6) is 0.0774. The molecule has 4 nitrogen and oxygen atoms in total. The summed E-state index contributed by atoms with van der Waals surface area (Å²) in [5.41, 5.74) is 1.55. The highest BCUT2D eigenvalue weighted by molar-refractivity contribution is 7.10. The maximum Gasteiger partial charge on any atom is 0.164 e. The van der Waals surface area contributed by atoms with E-state index in [1.807, 2.05) is 21.0 Å². The van der Waals surface area contributed by atoms with Crippen LogP contribution in [0.25, 0.3) is 0 Å². The van der Waals surface area contributed by atoms with E-state index in [0.717, 1.165) is 29.3 Å². The van der Waals surface area contributed by atoms with Gasteiger partial charge in [-0.15, -0.1) is 0 Å². The van der Waals surface area contributed by atoms with Crippen LogP contribution in [0.1, 0.15) is 23.0 Å². The highest BCUT2D eigenvalue weighted by Gasteiger charge is 2.13. The van der Waals surface area contributed by atoms with Crippen molar-refractivity contribution in [2.45, 2.75) is 13.8 Å². The molecule has 0 unspecified atom stereocenters. The van der Waals surface area contributed by atoms with Crippen LogP contribution in [0, 0.1) is 6.92 Å². The number of nitrogens with zero attached hydrogens (tertiary/aromatic N) is 2. The van der Waals surface area contributed by atoms with E-state index in [1.54, 1.807) is 6.92 Å². The SMILES string of the molecule is CC(=O)c1c(C)nsc1NCCN(C)C. The van der Waals surface area contributed by atoms with Gasteiger partial charge in [0.1, 0.15) is 5.00 Å². The van der Waals surface area contributed by atoms with Crippen molar-refractivity contribution in [1.29, 1.82) is 0 Å². The van der Waals surface area contributed by atoms with Crippen LogP contribution >= 0.6 is 11.5 Å². The number of nitrogens with one attached hydrogen (secondary N) is 1. The van der Waals surface area contributed by atoms with Crippen LogP contribution in [0.3, 0.4) is 0 Å². The lowest BCUT2D eigenvalue weighted by molar-refractivity contribution is 0.101. The molecule has 5 heteroatoms. The van der Waals surface area contributed by atoms with Crippen molar-refractivity contribution in [3.05, 3.63) is 11.3 Å². The summed E-state index contributed by atoms with van der Waals surface area (Å²) in [7, 11) is 4.04. The second-order valence-electron chi connectivity index (χ2n) is 3.76. The van der Waals surface area contributed by atoms with Crippen LogP contribution in [-0.4, -0.2) is 42.2 Å². The van der Waals surface area contributed by atoms with E-state index in [2.05, 4.69) is 14.6 Å². The number of aryl methyl sites for hydroxylation is 1. The number of hydrogen-bond acceptors (Lipinski definition) is 5. The minimum Gasteiger partial charge on any atom is -0.374 e. The molecule has 0 aliphatic carbocycles. The number of likely N-dealkylation sites (N-methyl/N-ethyl adjacent to an activating group) is 1. The van der Waals surface area contributed by atoms with Crippen LogP contribution in [0.15, 0.2) is 0 Å². The van der Waals surface area contributed by atoms with Crippen LogP contribution in [-0.2, 0) is 0 Å². The molecule has 0 radical (unpaired) electrons. The monoisotopic (exact) mass is 227 g/mol. The minimum atomic E-state index is 0.0774. The molecule has 1 aromatic heterocycles. The molecule has 0 spiro atoms. The smallest absolute Gasteiger partial charge is 0.164 e. The Morgan fingerprint density at radius 2 is 2.20 bits per heavy atom. The fraction of sp³-hybridized carbons (Fsp3) is 0.600. The fourth-order valence-electron chi connectivity index (χ4n) is 1.30. The van der Waals surface area contributed by atoms with Crippen molar-refractivity contribution < 1.29 is 4.79 Å². The van der Waals surface area contributed by atoms with Crippen LogP contribution < -0.4 is 5.32 Å². The minimum absolute atomic E-state index is 0.0774. The van der Waals surface area contributed by atoms with Crippen molar-refractivity contribution in [2.75, 3.05) is 32.5 Å². The van der Waals surface area contributed by atoms with Gasteiger partial charge in [0.15, 0.2) is 5.78 Å². The molecular weight excluding hydrogens is 210 g/mol. The molecule has 0 atom stereocenters. The van der Waals surface area contributed by atoms with Crippen molar-refractivity contribution in [3.8, 4) is 0 Å². The largest absolute Gasteiger partial charge is 0.374 e. The molecule has 0 saturated heterocycles. The Balaban J connectivity index is 2.65. The molecule has 0 aromatic carbocycles. The Bertz CT molecular complexity index is 346. The number of rotatable bonds is 5. The first kappa shape index (κ1) is 12.1. The summed E-state index contributed by atoms with van der Waals surface area (Å²) in [4.78, 5) is 13.5. The van der Waals surface area contributed by atoms with Crippen LogP contribution in [0.2, 0.25) is 0 Å². The third kappa shape index (κ3) is 3.28. The van der Waals surface area contributed by atoms with Gasteiger partial charge in [-0.3, -0.25) is 4.79 Å². The third-order valence-corrected chi connectivity index (χ3v) is 2.96. The Labute approximate surface area is 94.5 Å². The Morgan fingerprint density at radius 1 is 1.53 bits per heavy atom. The molecular formula is C10H17N3OS. The van der Waals surface area contributed by atoms with E-state index < -0.39 is 0 Å². The van der Waals surface area contributed by atoms with Crippen LogP contribution in [0.4, 0.5) is 5.00 Å². The van der Waals surface area contributed by atoms with Crippen molar-refractivity contribution in [2.24, 2.45) is 0 Å². The lowest BCUT2D eigenvalue weighted by Crippen LogP contribution is -2.21. The second-order valence-corrected chi connectivity index (χ2v) is 4.53. The normalized spacial score (nSPS) is 10.7. The average Bonchev–Trinajstić information content (AvgIpc) is 2.46. The Hall–Kier alpha value is -0.940.